The average Bonchev–Trinajstić information content (AvgIpc) is 2.87. The normalized spacial score (nSPS) is 24.8. The summed E-state index contributed by atoms with van der Waals surface area (Å²) < 4.78 is 0. The molecule has 21 heavy (non-hydrogen) atoms. The fourth-order valence-electron chi connectivity index (χ4n) is 3.06. The van der Waals surface area contributed by atoms with Gasteiger partial charge in [-0.05, 0) is 30.9 Å². The molecule has 1 N–H and O–H groups in total. The summed E-state index contributed by atoms with van der Waals surface area (Å²) in [6, 6.07) is 5.70. The van der Waals surface area contributed by atoms with Crippen LogP contribution in [0.3, 0.4) is 0 Å². The molecule has 1 amide bonds. The molecule has 3 atom stereocenters. The van der Waals surface area contributed by atoms with Gasteiger partial charge in [0.05, 0.1) is 11.8 Å². The third-order valence-electron chi connectivity index (χ3n) is 4.24. The predicted octanol–water partition coefficient (Wildman–Crippen LogP) is 1.83. The first kappa shape index (κ1) is 15.5. The molecule has 1 heterocycles. The Hall–Kier alpha value is -1.91. The number of pyridine rings is 1. The lowest BCUT2D eigenvalue weighted by Gasteiger charge is -2.23. The lowest BCUT2D eigenvalue weighted by Crippen LogP contribution is -2.37. The highest BCUT2D eigenvalue weighted by molar-refractivity contribution is 5.85. The van der Waals surface area contributed by atoms with E-state index < -0.39 is 11.9 Å². The van der Waals surface area contributed by atoms with Crippen LogP contribution in [0.5, 0.6) is 0 Å². The molecule has 0 aliphatic heterocycles. The van der Waals surface area contributed by atoms with Gasteiger partial charge in [0.15, 0.2) is 0 Å². The number of hydrogen-bond donors (Lipinski definition) is 1. The van der Waals surface area contributed by atoms with Crippen LogP contribution in [-0.4, -0.2) is 40.5 Å². The van der Waals surface area contributed by atoms with Crippen molar-refractivity contribution in [1.82, 2.24) is 9.88 Å². The first-order valence-electron chi connectivity index (χ1n) is 7.36. The molecule has 0 spiro atoms. The molecule has 1 aromatic heterocycles. The highest BCUT2D eigenvalue weighted by Crippen LogP contribution is 2.37. The van der Waals surface area contributed by atoms with Gasteiger partial charge >= 0.3 is 5.97 Å². The van der Waals surface area contributed by atoms with E-state index in [4.69, 9.17) is 0 Å². The standard InChI is InChI=1S/C16H22N2O3/c1-11-9-13(14(10-11)16(20)21)15(19)18(2)8-6-12-5-3-4-7-17-12/h3-5,7,11,13-14H,6,8-10H2,1-2H3,(H,20,21)/t11?,13-,14+/m0/s1. The minimum absolute atomic E-state index is 0.0531. The Balaban J connectivity index is 1.94. The number of likely N-dealkylation sites (N-methyl/N-ethyl adjacent to an activating group) is 1. The molecule has 2 rings (SSSR count). The van der Waals surface area contributed by atoms with Gasteiger partial charge in [-0.1, -0.05) is 13.0 Å². The van der Waals surface area contributed by atoms with Gasteiger partial charge in [0.1, 0.15) is 0 Å². The van der Waals surface area contributed by atoms with Crippen LogP contribution in [0, 0.1) is 17.8 Å². The molecule has 1 aromatic rings. The lowest BCUT2D eigenvalue weighted by molar-refractivity contribution is -0.148. The van der Waals surface area contributed by atoms with Gasteiger partial charge in [0.2, 0.25) is 5.91 Å². The highest BCUT2D eigenvalue weighted by atomic mass is 16.4. The smallest absolute Gasteiger partial charge is 0.307 e. The number of aromatic nitrogens is 1. The predicted molar refractivity (Wildman–Crippen MR) is 78.6 cm³/mol. The molecular formula is C16H22N2O3. The van der Waals surface area contributed by atoms with Gasteiger partial charge in [0, 0.05) is 31.9 Å². The van der Waals surface area contributed by atoms with Crippen molar-refractivity contribution < 1.29 is 14.7 Å². The highest BCUT2D eigenvalue weighted by Gasteiger charge is 2.42. The van der Waals surface area contributed by atoms with E-state index in [9.17, 15) is 14.7 Å². The van der Waals surface area contributed by atoms with Crippen LogP contribution in [0.25, 0.3) is 0 Å². The lowest BCUT2D eigenvalue weighted by atomic mass is 9.95. The molecule has 1 aliphatic carbocycles. The minimum Gasteiger partial charge on any atom is -0.481 e. The Kier molecular flexibility index (Phi) is 4.94. The summed E-state index contributed by atoms with van der Waals surface area (Å²) in [7, 11) is 1.74. The van der Waals surface area contributed by atoms with Gasteiger partial charge in [-0.25, -0.2) is 0 Å². The summed E-state index contributed by atoms with van der Waals surface area (Å²) in [6.07, 6.45) is 3.68. The van der Waals surface area contributed by atoms with Gasteiger partial charge in [-0.15, -0.1) is 0 Å². The van der Waals surface area contributed by atoms with Crippen LogP contribution >= 0.6 is 0 Å². The summed E-state index contributed by atoms with van der Waals surface area (Å²) in [5, 5.41) is 9.26. The molecule has 0 radical (unpaired) electrons. The number of carbonyl (C=O) groups excluding carboxylic acids is 1. The molecule has 5 heteroatoms. The second-order valence-electron chi connectivity index (χ2n) is 5.96. The Morgan fingerprint density at radius 1 is 1.33 bits per heavy atom. The number of aliphatic carboxylic acids is 1. The van der Waals surface area contributed by atoms with Crippen molar-refractivity contribution in [1.29, 1.82) is 0 Å². The molecule has 1 saturated carbocycles. The van der Waals surface area contributed by atoms with E-state index in [1.807, 2.05) is 25.1 Å². The molecule has 0 aromatic carbocycles. The van der Waals surface area contributed by atoms with Crippen LogP contribution in [-0.2, 0) is 16.0 Å². The van der Waals surface area contributed by atoms with Crippen molar-refractivity contribution in [3.05, 3.63) is 30.1 Å². The second-order valence-corrected chi connectivity index (χ2v) is 5.96. The van der Waals surface area contributed by atoms with Crippen molar-refractivity contribution in [2.45, 2.75) is 26.2 Å². The zero-order valence-corrected chi connectivity index (χ0v) is 12.5. The van der Waals surface area contributed by atoms with Crippen LogP contribution in [0.15, 0.2) is 24.4 Å². The molecule has 0 saturated heterocycles. The van der Waals surface area contributed by atoms with Crippen LogP contribution in [0.1, 0.15) is 25.5 Å². The second kappa shape index (κ2) is 6.70. The third kappa shape index (κ3) is 3.80. The number of hydrogen-bond acceptors (Lipinski definition) is 3. The Labute approximate surface area is 125 Å². The third-order valence-corrected chi connectivity index (χ3v) is 4.24. The van der Waals surface area contributed by atoms with Gasteiger partial charge < -0.3 is 10.0 Å². The fraction of sp³-hybridized carbons (Fsp3) is 0.562. The van der Waals surface area contributed by atoms with Gasteiger partial charge in [-0.3, -0.25) is 14.6 Å². The number of carboxylic acids is 1. The first-order valence-corrected chi connectivity index (χ1v) is 7.36. The molecule has 1 unspecified atom stereocenters. The van der Waals surface area contributed by atoms with Crippen molar-refractivity contribution in [2.24, 2.45) is 17.8 Å². The Bertz CT molecular complexity index is 504. The van der Waals surface area contributed by atoms with Crippen molar-refractivity contribution in [3.63, 3.8) is 0 Å². The number of nitrogens with zero attached hydrogens (tertiary/aromatic N) is 2. The summed E-state index contributed by atoms with van der Waals surface area (Å²) >= 11 is 0. The molecule has 1 aliphatic rings. The molecular weight excluding hydrogens is 268 g/mol. The monoisotopic (exact) mass is 290 g/mol. The largest absolute Gasteiger partial charge is 0.481 e. The first-order chi connectivity index (χ1) is 9.99. The fourth-order valence-corrected chi connectivity index (χ4v) is 3.06. The summed E-state index contributed by atoms with van der Waals surface area (Å²) in [4.78, 5) is 29.6. The average molecular weight is 290 g/mol. The van der Waals surface area contributed by atoms with E-state index >= 15 is 0 Å². The van der Waals surface area contributed by atoms with Crippen LogP contribution < -0.4 is 0 Å². The number of amides is 1. The molecule has 5 nitrogen and oxygen atoms in total. The van der Waals surface area contributed by atoms with Crippen molar-refractivity contribution in [3.8, 4) is 0 Å². The maximum atomic E-state index is 12.5. The Morgan fingerprint density at radius 3 is 2.67 bits per heavy atom. The van der Waals surface area contributed by atoms with Gasteiger partial charge in [-0.2, -0.15) is 0 Å². The van der Waals surface area contributed by atoms with E-state index in [-0.39, 0.29) is 11.8 Å². The van der Waals surface area contributed by atoms with E-state index in [1.165, 1.54) is 0 Å². The molecule has 0 bridgehead atoms. The van der Waals surface area contributed by atoms with Crippen molar-refractivity contribution in [2.75, 3.05) is 13.6 Å². The maximum Gasteiger partial charge on any atom is 0.307 e. The minimum atomic E-state index is -0.851. The topological polar surface area (TPSA) is 70.5 Å². The van der Waals surface area contributed by atoms with E-state index in [1.54, 1.807) is 18.1 Å². The number of rotatable bonds is 5. The molecule has 1 fully saturated rings. The van der Waals surface area contributed by atoms with E-state index in [2.05, 4.69) is 4.98 Å². The van der Waals surface area contributed by atoms with Gasteiger partial charge in [0.25, 0.3) is 0 Å². The maximum absolute atomic E-state index is 12.5. The zero-order chi connectivity index (χ0) is 15.4. The molecule has 114 valence electrons. The summed E-state index contributed by atoms with van der Waals surface area (Å²) in [6.45, 7) is 2.57. The number of carbonyl (C=O) groups is 2. The van der Waals surface area contributed by atoms with Crippen molar-refractivity contribution >= 4 is 11.9 Å². The SMILES string of the molecule is CC1C[C@H](C(=O)N(C)CCc2ccccn2)[C@H](C(=O)O)C1. The summed E-state index contributed by atoms with van der Waals surface area (Å²) in [5.74, 6) is -1.53. The quantitative estimate of drug-likeness (QED) is 0.898. The summed E-state index contributed by atoms with van der Waals surface area (Å²) in [5.41, 5.74) is 0.937. The zero-order valence-electron chi connectivity index (χ0n) is 12.5. The van der Waals surface area contributed by atoms with Crippen LogP contribution in [0.4, 0.5) is 0 Å². The number of carboxylic acid groups (broad SMARTS) is 1. The van der Waals surface area contributed by atoms with Crippen LogP contribution in [0.2, 0.25) is 0 Å². The van der Waals surface area contributed by atoms with E-state index in [0.717, 1.165) is 5.69 Å². The Morgan fingerprint density at radius 2 is 2.05 bits per heavy atom. The van der Waals surface area contributed by atoms with E-state index in [0.29, 0.717) is 31.7 Å².